The molecule has 3 N–H and O–H groups in total. The summed E-state index contributed by atoms with van der Waals surface area (Å²) in [5.74, 6) is -4.90. The van der Waals surface area contributed by atoms with Gasteiger partial charge in [0.25, 0.3) is 11.8 Å². The largest absolute Gasteiger partial charge is 0.494 e. The Bertz CT molecular complexity index is 2770. The van der Waals surface area contributed by atoms with Crippen molar-refractivity contribution in [1.82, 2.24) is 25.1 Å². The van der Waals surface area contributed by atoms with Gasteiger partial charge in [-0.25, -0.2) is 9.37 Å². The Morgan fingerprint density at radius 1 is 0.933 bits per heavy atom. The number of methoxy groups -OCH3 is 1. The number of amides is 4. The van der Waals surface area contributed by atoms with E-state index in [1.54, 1.807) is 49.7 Å². The van der Waals surface area contributed by atoms with Crippen LogP contribution in [0.4, 0.5) is 38.9 Å². The lowest BCUT2D eigenvalue weighted by atomic mass is 9.95. The number of para-hydroxylation sites is 1. The van der Waals surface area contributed by atoms with Gasteiger partial charge >= 0.3 is 0 Å². The molecule has 4 aromatic rings. The summed E-state index contributed by atoms with van der Waals surface area (Å²) in [7, 11) is -1.15. The molecule has 3 fully saturated rings. The summed E-state index contributed by atoms with van der Waals surface area (Å²) < 4.78 is 107. The van der Waals surface area contributed by atoms with Crippen LogP contribution in [0.2, 0.25) is 5.02 Å². The number of nitrogens with zero attached hydrogens (tertiary/aromatic N) is 6. The summed E-state index contributed by atoms with van der Waals surface area (Å²) in [6, 6.07) is 12.4. The Morgan fingerprint density at radius 2 is 1.68 bits per heavy atom. The highest BCUT2D eigenvalue weighted by molar-refractivity contribution is 7.70. The van der Waals surface area contributed by atoms with Gasteiger partial charge in [-0.05, 0) is 74.9 Å². The van der Waals surface area contributed by atoms with E-state index in [1.807, 2.05) is 16.3 Å². The Morgan fingerprint density at radius 3 is 2.40 bits per heavy atom. The normalized spacial score (nSPS) is 24.4. The van der Waals surface area contributed by atoms with Gasteiger partial charge in [-0.2, -0.15) is 4.98 Å². The van der Waals surface area contributed by atoms with Crippen LogP contribution >= 0.6 is 18.7 Å². The predicted octanol–water partition coefficient (Wildman–Crippen LogP) is 5.45. The third-order valence-electron chi connectivity index (χ3n) is 10.7. The molecule has 15 nitrogen and oxygen atoms in total. The van der Waals surface area contributed by atoms with Crippen LogP contribution in [0.5, 0.6) is 5.75 Å². The summed E-state index contributed by atoms with van der Waals surface area (Å²) in [6.45, 7) is -9.63. The summed E-state index contributed by atoms with van der Waals surface area (Å²) >= 11 is 6.45. The molecule has 8 rings (SSSR count). The molecule has 1 atom stereocenters. The highest BCUT2D eigenvalue weighted by atomic mass is 35.5. The van der Waals surface area contributed by atoms with Crippen LogP contribution < -0.4 is 35.8 Å². The first-order valence-corrected chi connectivity index (χ1v) is 22.0. The lowest BCUT2D eigenvalue weighted by molar-refractivity contribution is -0.136. The fourth-order valence-electron chi connectivity index (χ4n) is 7.58. The van der Waals surface area contributed by atoms with Crippen molar-refractivity contribution in [2.45, 2.75) is 31.7 Å². The number of halogens is 2. The van der Waals surface area contributed by atoms with E-state index < -0.39 is 97.9 Å². The van der Waals surface area contributed by atoms with E-state index in [2.05, 4.69) is 20.6 Å². The van der Waals surface area contributed by atoms with Crippen molar-refractivity contribution in [2.24, 2.45) is 5.92 Å². The molecule has 0 radical (unpaired) electrons. The number of imide groups is 2. The van der Waals surface area contributed by atoms with Crippen LogP contribution in [0.15, 0.2) is 60.8 Å². The number of aromatic nitrogens is 2. The van der Waals surface area contributed by atoms with Gasteiger partial charge in [0, 0.05) is 80.3 Å². The molecule has 18 heteroatoms. The van der Waals surface area contributed by atoms with Gasteiger partial charge in [-0.15, -0.1) is 0 Å². The third-order valence-corrected chi connectivity index (χ3v) is 12.5. The molecule has 314 valence electrons. The van der Waals surface area contributed by atoms with Crippen molar-refractivity contribution < 1.29 is 43.8 Å². The van der Waals surface area contributed by atoms with E-state index in [0.29, 0.717) is 64.2 Å². The molecule has 1 unspecified atom stereocenters. The van der Waals surface area contributed by atoms with E-state index in [9.17, 15) is 23.7 Å². The fourth-order valence-corrected chi connectivity index (χ4v) is 8.88. The van der Waals surface area contributed by atoms with Crippen LogP contribution in [-0.4, -0.2) is 115 Å². The molecule has 0 bridgehead atoms. The van der Waals surface area contributed by atoms with Crippen molar-refractivity contribution in [1.29, 1.82) is 0 Å². The quantitative estimate of drug-likeness (QED) is 0.129. The highest BCUT2D eigenvalue weighted by Gasteiger charge is 2.46. The molecular weight excluding hydrogens is 812 g/mol. The molecule has 4 aliphatic heterocycles. The monoisotopic (exact) mass is 865 g/mol. The van der Waals surface area contributed by atoms with Gasteiger partial charge in [-0.3, -0.25) is 34.3 Å². The Balaban J connectivity index is 0.963. The number of hydrogen-bond donors (Lipinski definition) is 3. The third kappa shape index (κ3) is 8.41. The molecule has 4 amide bonds. The minimum Gasteiger partial charge on any atom is -0.494 e. The van der Waals surface area contributed by atoms with Crippen LogP contribution in [0, 0.1) is 11.7 Å². The summed E-state index contributed by atoms with van der Waals surface area (Å²) in [5.41, 5.74) is -0.330. The molecule has 3 aromatic carbocycles. The van der Waals surface area contributed by atoms with Crippen molar-refractivity contribution in [3.05, 3.63) is 82.8 Å². The minimum atomic E-state index is -3.42. The number of benzene rings is 3. The molecule has 0 saturated carbocycles. The Labute approximate surface area is 363 Å². The van der Waals surface area contributed by atoms with Gasteiger partial charge in [0.15, 0.2) is 5.82 Å². The number of carbonyl (C=O) groups is 4. The van der Waals surface area contributed by atoms with Gasteiger partial charge in [0.05, 0.1) is 41.3 Å². The molecule has 4 aliphatic rings. The standard InChI is InChI=1S/C42H46ClFN9O6P/c1-59-34-22-26(8-9-31(34)47-42-45-23-29(43)38(49-42)46-32-6-4-5-7-35(32)60(2,3)58)51-14-12-25(13-15-51)24-50-16-18-52(19-17-50)27-20-28-37(30(44)21-27)41(57)53(40(28)56)33-10-11-36(54)48-39(33)55/h4-9,20-23,25,33H,10-19,24H2,1-3H3,(H,48,54,55)(H2,45,46,47,49)/i16D2,17D2,18D2,19D2. The molecule has 0 aliphatic carbocycles. The van der Waals surface area contributed by atoms with Crippen LogP contribution in [0.25, 0.3) is 0 Å². The summed E-state index contributed by atoms with van der Waals surface area (Å²) in [5, 5.41) is 9.20. The maximum atomic E-state index is 15.9. The molecule has 1 aromatic heterocycles. The Hall–Kier alpha value is -5.57. The first-order chi connectivity index (χ1) is 31.8. The van der Waals surface area contributed by atoms with E-state index in [1.165, 1.54) is 13.3 Å². The van der Waals surface area contributed by atoms with Crippen molar-refractivity contribution >= 4 is 82.2 Å². The average molecular weight is 866 g/mol. The van der Waals surface area contributed by atoms with Crippen molar-refractivity contribution in [3.63, 3.8) is 0 Å². The van der Waals surface area contributed by atoms with E-state index in [0.717, 1.165) is 11.8 Å². The second-order valence-corrected chi connectivity index (χ2v) is 18.6. The zero-order valence-electron chi connectivity index (χ0n) is 40.7. The summed E-state index contributed by atoms with van der Waals surface area (Å²) in [6.07, 6.45) is 1.73. The number of fused-ring (bicyclic) bond motifs is 1. The van der Waals surface area contributed by atoms with Gasteiger partial charge in [0.1, 0.15) is 29.8 Å². The minimum absolute atomic E-state index is 0.119. The highest BCUT2D eigenvalue weighted by Crippen LogP contribution is 2.39. The van der Waals surface area contributed by atoms with Gasteiger partial charge in [0.2, 0.25) is 17.8 Å². The predicted molar refractivity (Wildman–Crippen MR) is 229 cm³/mol. The molecule has 5 heterocycles. The smallest absolute Gasteiger partial charge is 0.265 e. The zero-order chi connectivity index (χ0) is 49.5. The number of anilines is 6. The number of hydrogen-bond acceptors (Lipinski definition) is 13. The topological polar surface area (TPSA) is 169 Å². The molecule has 0 spiro atoms. The second kappa shape index (κ2) is 16.8. The first-order valence-electron chi connectivity index (χ1n) is 23.1. The van der Waals surface area contributed by atoms with Gasteiger partial charge in [-0.1, -0.05) is 23.7 Å². The number of piperidine rings is 2. The van der Waals surface area contributed by atoms with Crippen LogP contribution in [0.3, 0.4) is 0 Å². The van der Waals surface area contributed by atoms with Crippen LogP contribution in [-0.2, 0) is 14.2 Å². The number of carbonyl (C=O) groups excluding carboxylic acids is 4. The Kier molecular flexibility index (Phi) is 9.04. The summed E-state index contributed by atoms with van der Waals surface area (Å²) in [4.78, 5) is 63.2. The average Bonchev–Trinajstić information content (AvgIpc) is 3.51. The van der Waals surface area contributed by atoms with Crippen molar-refractivity contribution in [3.8, 4) is 5.75 Å². The number of piperazine rings is 1. The number of nitrogens with one attached hydrogen (secondary N) is 3. The van der Waals surface area contributed by atoms with E-state index in [-0.39, 0.29) is 34.5 Å². The maximum absolute atomic E-state index is 15.9. The zero-order valence-corrected chi connectivity index (χ0v) is 34.4. The molecule has 60 heavy (non-hydrogen) atoms. The van der Waals surface area contributed by atoms with E-state index >= 15 is 4.39 Å². The lowest BCUT2D eigenvalue weighted by Gasteiger charge is -2.40. The maximum Gasteiger partial charge on any atom is 0.265 e. The lowest BCUT2D eigenvalue weighted by Crippen LogP contribution is -2.54. The van der Waals surface area contributed by atoms with Crippen molar-refractivity contribution in [2.75, 3.05) is 86.5 Å². The second-order valence-electron chi connectivity index (χ2n) is 15.0. The van der Waals surface area contributed by atoms with Gasteiger partial charge < -0.3 is 29.7 Å². The van der Waals surface area contributed by atoms with Crippen LogP contribution in [0.1, 0.15) is 57.4 Å². The molecule has 3 saturated heterocycles. The number of rotatable bonds is 11. The SMILES string of the molecule is [2H]C1([2H])N(CC2CCN(c3ccc(Nc4ncc(Cl)c(Nc5ccccc5P(C)(C)=O)n4)c(OC)c3)CC2)C([2H])([2H])C([2H])([2H])N(c2cc(F)c3c(c2)C(=O)N(C2CCC(=O)NC2=O)C3=O)C1([2H])[2H]. The first kappa shape index (κ1) is 32.2. The molecular formula is C42H46ClFN9O6P. The number of ether oxygens (including phenoxy) is 1. The fraction of sp³-hybridized carbons (Fsp3) is 0.381. The van der Waals surface area contributed by atoms with E-state index in [4.69, 9.17) is 27.3 Å².